The number of amides is 2. The molecular weight excluding hydrogens is 598 g/mol. The van der Waals surface area contributed by atoms with Crippen molar-refractivity contribution in [1.29, 1.82) is 0 Å². The first kappa shape index (κ1) is 31.5. The molecule has 2 unspecified atom stereocenters. The Morgan fingerprint density at radius 1 is 1.04 bits per heavy atom. The van der Waals surface area contributed by atoms with Crippen molar-refractivity contribution in [3.8, 4) is 5.88 Å². The number of hydrogen-bond acceptors (Lipinski definition) is 9. The van der Waals surface area contributed by atoms with Crippen LogP contribution < -0.4 is 15.4 Å². The van der Waals surface area contributed by atoms with Gasteiger partial charge in [0, 0.05) is 43.3 Å². The number of nitrogens with one attached hydrogen (secondary N) is 2. The molecule has 0 radical (unpaired) electrons. The highest BCUT2D eigenvalue weighted by molar-refractivity contribution is 5.69. The normalized spacial score (nSPS) is 25.7. The Kier molecular flexibility index (Phi) is 9.37. The molecule has 1 aromatic carbocycles. The Morgan fingerprint density at radius 2 is 1.85 bits per heavy atom. The van der Waals surface area contributed by atoms with Crippen LogP contribution in [0.4, 0.5) is 15.4 Å². The van der Waals surface area contributed by atoms with E-state index in [1.807, 2.05) is 52.0 Å². The van der Waals surface area contributed by atoms with Gasteiger partial charge < -0.3 is 34.6 Å². The van der Waals surface area contributed by atoms with Crippen molar-refractivity contribution >= 4 is 23.7 Å². The van der Waals surface area contributed by atoms with Crippen LogP contribution in [0.3, 0.4) is 0 Å². The van der Waals surface area contributed by atoms with Gasteiger partial charge in [0.25, 0.3) is 0 Å². The summed E-state index contributed by atoms with van der Waals surface area (Å²) in [7, 11) is 0. The van der Waals surface area contributed by atoms with Crippen molar-refractivity contribution in [2.75, 3.05) is 38.0 Å². The molecule has 12 heteroatoms. The number of aromatic nitrogens is 3. The lowest BCUT2D eigenvalue weighted by molar-refractivity contribution is 0.0370. The lowest BCUT2D eigenvalue weighted by Gasteiger charge is -2.38. The first-order valence-corrected chi connectivity index (χ1v) is 17.4. The lowest BCUT2D eigenvalue weighted by Crippen LogP contribution is -2.48. The van der Waals surface area contributed by atoms with Crippen LogP contribution in [0.25, 0.3) is 5.65 Å². The quantitative estimate of drug-likeness (QED) is 0.324. The van der Waals surface area contributed by atoms with E-state index in [9.17, 15) is 9.59 Å². The molecule has 4 fully saturated rings. The molecule has 2 aromatic heterocycles. The van der Waals surface area contributed by atoms with E-state index < -0.39 is 0 Å². The summed E-state index contributed by atoms with van der Waals surface area (Å²) in [5.41, 5.74) is 2.78. The highest BCUT2D eigenvalue weighted by atomic mass is 16.6. The fraction of sp³-hybridized carbons (Fsp3) is 0.600. The molecule has 2 amide bonds. The van der Waals surface area contributed by atoms with Gasteiger partial charge in [0.15, 0.2) is 5.65 Å². The number of nitrogens with zero attached hydrogens (tertiary/aromatic N) is 5. The predicted octanol–water partition coefficient (Wildman–Crippen LogP) is 5.19. The molecule has 6 heterocycles. The summed E-state index contributed by atoms with van der Waals surface area (Å²) in [6, 6.07) is 12.1. The summed E-state index contributed by atoms with van der Waals surface area (Å²) in [6.45, 7) is 8.03. The van der Waals surface area contributed by atoms with E-state index in [1.54, 1.807) is 4.90 Å². The topological polar surface area (TPSA) is 123 Å². The highest BCUT2D eigenvalue weighted by Gasteiger charge is 2.44. The minimum Gasteiger partial charge on any atom is -0.472 e. The molecule has 2 N–H and O–H groups in total. The first-order valence-electron chi connectivity index (χ1n) is 17.4. The van der Waals surface area contributed by atoms with Crippen molar-refractivity contribution < 1.29 is 23.8 Å². The highest BCUT2D eigenvalue weighted by Crippen LogP contribution is 2.39. The minimum absolute atomic E-state index is 0.0123. The van der Waals surface area contributed by atoms with Crippen LogP contribution in [0.15, 0.2) is 42.6 Å². The second-order valence-corrected chi connectivity index (χ2v) is 13.8. The van der Waals surface area contributed by atoms with E-state index >= 15 is 0 Å². The number of rotatable bonds is 9. The number of ether oxygens (including phenoxy) is 3. The molecule has 3 aromatic rings. The van der Waals surface area contributed by atoms with Crippen molar-refractivity contribution in [2.45, 2.75) is 95.6 Å². The van der Waals surface area contributed by atoms with Crippen molar-refractivity contribution in [2.24, 2.45) is 5.92 Å². The molecule has 0 spiro atoms. The summed E-state index contributed by atoms with van der Waals surface area (Å²) < 4.78 is 19.8. The van der Waals surface area contributed by atoms with E-state index in [0.29, 0.717) is 24.9 Å². The summed E-state index contributed by atoms with van der Waals surface area (Å²) in [5, 5.41) is 11.6. The smallest absolute Gasteiger partial charge is 0.410 e. The summed E-state index contributed by atoms with van der Waals surface area (Å²) in [4.78, 5) is 34.6. The average molecular weight is 646 g/mol. The monoisotopic (exact) mass is 645 g/mol. The fourth-order valence-corrected chi connectivity index (χ4v) is 7.67. The Morgan fingerprint density at radius 3 is 2.60 bits per heavy atom. The van der Waals surface area contributed by atoms with Crippen LogP contribution in [0.5, 0.6) is 5.88 Å². The van der Waals surface area contributed by atoms with Crippen molar-refractivity contribution in [1.82, 2.24) is 29.7 Å². The van der Waals surface area contributed by atoms with Gasteiger partial charge in [-0.05, 0) is 68.9 Å². The number of benzene rings is 1. The van der Waals surface area contributed by atoms with Crippen molar-refractivity contribution in [3.05, 3.63) is 53.7 Å². The van der Waals surface area contributed by atoms with Crippen LogP contribution >= 0.6 is 0 Å². The maximum atomic E-state index is 13.1. The van der Waals surface area contributed by atoms with Crippen LogP contribution in [0.2, 0.25) is 0 Å². The van der Waals surface area contributed by atoms with Crippen LogP contribution in [-0.2, 0) is 16.1 Å². The number of piperidine rings is 2. The molecule has 4 aliphatic rings. The minimum atomic E-state index is -0.324. The van der Waals surface area contributed by atoms with E-state index in [0.717, 1.165) is 87.2 Å². The summed E-state index contributed by atoms with van der Waals surface area (Å²) in [5.74, 6) is 2.01. The van der Waals surface area contributed by atoms with E-state index in [4.69, 9.17) is 24.3 Å². The molecule has 7 rings (SSSR count). The Hall–Kier alpha value is -4.06. The van der Waals surface area contributed by atoms with Crippen LogP contribution in [0, 0.1) is 5.92 Å². The number of carbonyl (C=O) groups excluding carboxylic acids is 2. The zero-order valence-corrected chi connectivity index (χ0v) is 27.5. The molecule has 47 heavy (non-hydrogen) atoms. The number of anilines is 1. The first-order chi connectivity index (χ1) is 22.9. The summed E-state index contributed by atoms with van der Waals surface area (Å²) in [6.07, 6.45) is 7.73. The van der Waals surface area contributed by atoms with Gasteiger partial charge in [-0.2, -0.15) is 14.6 Å². The third-order valence-corrected chi connectivity index (χ3v) is 10.1. The van der Waals surface area contributed by atoms with Crippen LogP contribution in [-0.4, -0.2) is 93.6 Å². The molecule has 0 aliphatic carbocycles. The van der Waals surface area contributed by atoms with Gasteiger partial charge in [-0.1, -0.05) is 44.2 Å². The van der Waals surface area contributed by atoms with Gasteiger partial charge in [-0.3, -0.25) is 0 Å². The van der Waals surface area contributed by atoms with E-state index in [-0.39, 0.29) is 49.0 Å². The summed E-state index contributed by atoms with van der Waals surface area (Å²) >= 11 is 0. The van der Waals surface area contributed by atoms with Crippen LogP contribution in [0.1, 0.15) is 75.8 Å². The Balaban J connectivity index is 0.999. The maximum absolute atomic E-state index is 13.1. The molecule has 0 saturated carbocycles. The zero-order chi connectivity index (χ0) is 32.3. The van der Waals surface area contributed by atoms with Gasteiger partial charge in [-0.25, -0.2) is 9.59 Å². The molecule has 252 valence electrons. The molecular formula is C35H47N7O5. The van der Waals surface area contributed by atoms with E-state index in [1.165, 1.54) is 0 Å². The SMILES string of the molecule is CC(C)c1cnn2c(NCC3C[C@H]4CC[C@@H](C3)N4C(=O)OC3CCNC3)cc(O[C@@H]3CCCN(C(=O)OCc4ccccc4)C3)nc12. The van der Waals surface area contributed by atoms with Gasteiger partial charge in [0.1, 0.15) is 24.6 Å². The molecule has 5 atom stereocenters. The molecule has 4 saturated heterocycles. The third kappa shape index (κ3) is 7.12. The largest absolute Gasteiger partial charge is 0.472 e. The Labute approximate surface area is 276 Å². The molecule has 12 nitrogen and oxygen atoms in total. The average Bonchev–Trinajstić information content (AvgIpc) is 3.81. The molecule has 2 bridgehead atoms. The number of carbonyl (C=O) groups is 2. The van der Waals surface area contributed by atoms with Gasteiger partial charge in [0.2, 0.25) is 5.88 Å². The number of fused-ring (bicyclic) bond motifs is 3. The van der Waals surface area contributed by atoms with E-state index in [2.05, 4.69) is 24.5 Å². The van der Waals surface area contributed by atoms with Gasteiger partial charge in [0.05, 0.1) is 12.7 Å². The molecule has 4 aliphatic heterocycles. The second-order valence-electron chi connectivity index (χ2n) is 13.8. The second kappa shape index (κ2) is 14.0. The third-order valence-electron chi connectivity index (χ3n) is 10.1. The fourth-order valence-electron chi connectivity index (χ4n) is 7.67. The maximum Gasteiger partial charge on any atom is 0.410 e. The van der Waals surface area contributed by atoms with Gasteiger partial charge >= 0.3 is 12.2 Å². The number of likely N-dealkylation sites (tertiary alicyclic amines) is 1. The number of hydrogen-bond donors (Lipinski definition) is 2. The van der Waals surface area contributed by atoms with Crippen molar-refractivity contribution in [3.63, 3.8) is 0 Å². The lowest BCUT2D eigenvalue weighted by atomic mass is 9.91. The zero-order valence-electron chi connectivity index (χ0n) is 27.5. The standard InChI is InChI=1S/C35H47N7O5/c1-23(2)30-20-38-42-31(37-18-25-15-26-10-11-27(16-25)41(26)35(44)47-28-12-13-36-19-28)17-32(39-33(30)42)46-29-9-6-14-40(21-29)34(43)45-22-24-7-4-3-5-8-24/h3-5,7-8,17,20,23,25-29,36-37H,6,9-16,18-19,21-22H2,1-2H3/t25?,26-,27+,28?,29-/m1/s1. The van der Waals surface area contributed by atoms with Gasteiger partial charge in [-0.15, -0.1) is 0 Å². The predicted molar refractivity (Wildman–Crippen MR) is 177 cm³/mol. The Bertz CT molecular complexity index is 1530.